The number of isocyanates is 1. The number of rotatable bonds is 2. The monoisotopic (exact) mass is 172 g/mol. The van der Waals surface area contributed by atoms with Gasteiger partial charge in [0.2, 0.25) is 6.08 Å². The van der Waals surface area contributed by atoms with E-state index in [0.29, 0.717) is 0 Å². The predicted molar refractivity (Wildman–Crippen MR) is 47.7 cm³/mol. The van der Waals surface area contributed by atoms with E-state index < -0.39 is 6.04 Å². The molecule has 0 aliphatic rings. The molecule has 3 nitrogen and oxygen atoms in total. The van der Waals surface area contributed by atoms with Gasteiger partial charge < -0.3 is 0 Å². The standard InChI is InChI=1S/C10H8N2O/c1-8-3-2-4-9(5-8)10(6-11)12-7-13/h2-5,10H,1H3. The number of aliphatic imine (C=N–C) groups is 1. The minimum atomic E-state index is -0.725. The topological polar surface area (TPSA) is 53.2 Å². The van der Waals surface area contributed by atoms with Crippen molar-refractivity contribution in [3.8, 4) is 6.07 Å². The minimum Gasteiger partial charge on any atom is -0.211 e. The van der Waals surface area contributed by atoms with Crippen LogP contribution in [-0.2, 0) is 4.79 Å². The molecule has 3 heteroatoms. The number of aryl methyl sites for hydroxylation is 1. The number of carbonyl (C=O) groups excluding carboxylic acids is 1. The minimum absolute atomic E-state index is 0.725. The molecule has 0 saturated heterocycles. The van der Waals surface area contributed by atoms with Crippen molar-refractivity contribution in [3.05, 3.63) is 35.4 Å². The average Bonchev–Trinajstić information content (AvgIpc) is 2.14. The lowest BCUT2D eigenvalue weighted by molar-refractivity contribution is 0.561. The molecule has 0 saturated carbocycles. The maximum atomic E-state index is 9.99. The van der Waals surface area contributed by atoms with Gasteiger partial charge in [-0.05, 0) is 12.5 Å². The quantitative estimate of drug-likeness (QED) is 0.505. The van der Waals surface area contributed by atoms with Crippen LogP contribution in [0.15, 0.2) is 29.3 Å². The fourth-order valence-electron chi connectivity index (χ4n) is 1.07. The third-order valence-electron chi connectivity index (χ3n) is 1.66. The van der Waals surface area contributed by atoms with Gasteiger partial charge in [-0.2, -0.15) is 10.3 Å². The van der Waals surface area contributed by atoms with Crippen LogP contribution in [0.2, 0.25) is 0 Å². The molecule has 0 heterocycles. The van der Waals surface area contributed by atoms with Crippen molar-refractivity contribution in [2.24, 2.45) is 4.99 Å². The Morgan fingerprint density at radius 1 is 1.54 bits per heavy atom. The van der Waals surface area contributed by atoms with Crippen LogP contribution in [0.4, 0.5) is 0 Å². The van der Waals surface area contributed by atoms with Crippen molar-refractivity contribution in [1.29, 1.82) is 5.26 Å². The molecule has 1 rings (SSSR count). The fourth-order valence-corrected chi connectivity index (χ4v) is 1.07. The van der Waals surface area contributed by atoms with E-state index in [0.717, 1.165) is 11.1 Å². The summed E-state index contributed by atoms with van der Waals surface area (Å²) in [6.07, 6.45) is 1.39. The number of hydrogen-bond acceptors (Lipinski definition) is 3. The Bertz CT molecular complexity index is 386. The molecule has 0 radical (unpaired) electrons. The predicted octanol–water partition coefficient (Wildman–Crippen LogP) is 1.90. The van der Waals surface area contributed by atoms with Crippen molar-refractivity contribution in [1.82, 2.24) is 0 Å². The molecule has 0 N–H and O–H groups in total. The summed E-state index contributed by atoms with van der Waals surface area (Å²) < 4.78 is 0. The van der Waals surface area contributed by atoms with Gasteiger partial charge in [-0.15, -0.1) is 0 Å². The molecule has 13 heavy (non-hydrogen) atoms. The largest absolute Gasteiger partial charge is 0.236 e. The van der Waals surface area contributed by atoms with Crippen LogP contribution < -0.4 is 0 Å². The lowest BCUT2D eigenvalue weighted by Gasteiger charge is -2.01. The van der Waals surface area contributed by atoms with Gasteiger partial charge in [0.1, 0.15) is 0 Å². The second-order valence-corrected chi connectivity index (χ2v) is 2.67. The van der Waals surface area contributed by atoms with Gasteiger partial charge >= 0.3 is 0 Å². The molecule has 1 unspecified atom stereocenters. The van der Waals surface area contributed by atoms with E-state index >= 15 is 0 Å². The maximum Gasteiger partial charge on any atom is 0.236 e. The van der Waals surface area contributed by atoms with E-state index in [2.05, 4.69) is 4.99 Å². The molecule has 0 fully saturated rings. The average molecular weight is 172 g/mol. The lowest BCUT2D eigenvalue weighted by atomic mass is 10.1. The molecule has 0 aromatic heterocycles. The Labute approximate surface area is 76.3 Å². The number of nitrogens with zero attached hydrogens (tertiary/aromatic N) is 2. The highest BCUT2D eigenvalue weighted by Gasteiger charge is 2.07. The van der Waals surface area contributed by atoms with E-state index in [9.17, 15) is 4.79 Å². The van der Waals surface area contributed by atoms with Gasteiger partial charge in [-0.1, -0.05) is 29.8 Å². The Hall–Kier alpha value is -1.91. The summed E-state index contributed by atoms with van der Waals surface area (Å²) in [5.41, 5.74) is 1.77. The molecule has 0 bridgehead atoms. The summed E-state index contributed by atoms with van der Waals surface area (Å²) >= 11 is 0. The Morgan fingerprint density at radius 2 is 2.31 bits per heavy atom. The first kappa shape index (κ1) is 9.18. The SMILES string of the molecule is Cc1cccc(C(C#N)N=C=O)c1. The van der Waals surface area contributed by atoms with Gasteiger partial charge in [0, 0.05) is 0 Å². The zero-order valence-electron chi connectivity index (χ0n) is 7.19. The third kappa shape index (κ3) is 2.26. The maximum absolute atomic E-state index is 9.99. The zero-order chi connectivity index (χ0) is 9.68. The summed E-state index contributed by atoms with van der Waals surface area (Å²) in [5.74, 6) is 0. The molecule has 1 atom stereocenters. The molecule has 64 valence electrons. The van der Waals surface area contributed by atoms with Crippen LogP contribution in [-0.4, -0.2) is 6.08 Å². The van der Waals surface area contributed by atoms with Crippen molar-refractivity contribution in [2.45, 2.75) is 13.0 Å². The van der Waals surface area contributed by atoms with Gasteiger partial charge in [-0.25, -0.2) is 4.79 Å². The lowest BCUT2D eigenvalue weighted by Crippen LogP contribution is -1.91. The summed E-state index contributed by atoms with van der Waals surface area (Å²) in [6.45, 7) is 1.92. The molecular formula is C10H8N2O. The molecule has 0 aliphatic heterocycles. The first-order valence-corrected chi connectivity index (χ1v) is 3.81. The van der Waals surface area contributed by atoms with E-state index in [1.165, 1.54) is 6.08 Å². The van der Waals surface area contributed by atoms with Crippen LogP contribution in [0.1, 0.15) is 17.2 Å². The smallest absolute Gasteiger partial charge is 0.211 e. The van der Waals surface area contributed by atoms with Crippen LogP contribution in [0.25, 0.3) is 0 Å². The highest BCUT2D eigenvalue weighted by Crippen LogP contribution is 2.16. The van der Waals surface area contributed by atoms with Crippen molar-refractivity contribution in [2.75, 3.05) is 0 Å². The summed E-state index contributed by atoms with van der Waals surface area (Å²) in [4.78, 5) is 13.4. The Balaban J connectivity index is 3.06. The van der Waals surface area contributed by atoms with Gasteiger partial charge in [0.25, 0.3) is 0 Å². The van der Waals surface area contributed by atoms with Gasteiger partial charge in [-0.3, -0.25) is 0 Å². The Morgan fingerprint density at radius 3 is 2.85 bits per heavy atom. The number of benzene rings is 1. The van der Waals surface area contributed by atoms with Crippen molar-refractivity contribution >= 4 is 6.08 Å². The van der Waals surface area contributed by atoms with E-state index in [1.807, 2.05) is 31.2 Å². The highest BCUT2D eigenvalue weighted by molar-refractivity contribution is 5.38. The second kappa shape index (κ2) is 4.20. The van der Waals surface area contributed by atoms with Crippen LogP contribution in [0, 0.1) is 18.3 Å². The van der Waals surface area contributed by atoms with Crippen LogP contribution in [0.5, 0.6) is 0 Å². The Kier molecular flexibility index (Phi) is 2.97. The van der Waals surface area contributed by atoms with E-state index in [1.54, 1.807) is 6.07 Å². The molecule has 1 aromatic carbocycles. The normalized spacial score (nSPS) is 11.1. The summed E-state index contributed by atoms with van der Waals surface area (Å²) in [5, 5.41) is 8.68. The number of nitriles is 1. The number of hydrogen-bond donors (Lipinski definition) is 0. The van der Waals surface area contributed by atoms with E-state index in [4.69, 9.17) is 5.26 Å². The first-order chi connectivity index (χ1) is 6.27. The molecule has 0 spiro atoms. The zero-order valence-corrected chi connectivity index (χ0v) is 7.19. The first-order valence-electron chi connectivity index (χ1n) is 3.81. The molecule has 1 aromatic rings. The van der Waals surface area contributed by atoms with Crippen molar-refractivity contribution in [3.63, 3.8) is 0 Å². The fraction of sp³-hybridized carbons (Fsp3) is 0.200. The molecular weight excluding hydrogens is 164 g/mol. The summed E-state index contributed by atoms with van der Waals surface area (Å²) in [7, 11) is 0. The van der Waals surface area contributed by atoms with E-state index in [-0.39, 0.29) is 0 Å². The summed E-state index contributed by atoms with van der Waals surface area (Å²) in [6, 6.07) is 8.53. The van der Waals surface area contributed by atoms with Gasteiger partial charge in [0.15, 0.2) is 6.04 Å². The molecule has 0 amide bonds. The highest BCUT2D eigenvalue weighted by atomic mass is 16.1. The van der Waals surface area contributed by atoms with Crippen molar-refractivity contribution < 1.29 is 4.79 Å². The molecule has 0 aliphatic carbocycles. The second-order valence-electron chi connectivity index (χ2n) is 2.67. The van der Waals surface area contributed by atoms with Crippen LogP contribution in [0.3, 0.4) is 0 Å². The van der Waals surface area contributed by atoms with Crippen LogP contribution >= 0.6 is 0 Å². The van der Waals surface area contributed by atoms with Gasteiger partial charge in [0.05, 0.1) is 6.07 Å². The third-order valence-corrected chi connectivity index (χ3v) is 1.66.